The molecule has 0 radical (unpaired) electrons. The molecule has 1 saturated carbocycles. The second-order valence-electron chi connectivity index (χ2n) is 4.61. The van der Waals surface area contributed by atoms with E-state index in [1.54, 1.807) is 0 Å². The molecular weight excluding hydrogens is 200 g/mol. The Hall–Kier alpha value is -1.42. The quantitative estimate of drug-likeness (QED) is 0.789. The van der Waals surface area contributed by atoms with Gasteiger partial charge in [0.15, 0.2) is 5.65 Å². The lowest BCUT2D eigenvalue weighted by atomic mass is 9.85. The van der Waals surface area contributed by atoms with Gasteiger partial charge < -0.3 is 5.73 Å². The third-order valence-corrected chi connectivity index (χ3v) is 3.42. The van der Waals surface area contributed by atoms with Gasteiger partial charge in [-0.3, -0.25) is 4.40 Å². The molecule has 2 heterocycles. The summed E-state index contributed by atoms with van der Waals surface area (Å²) in [6, 6.07) is 6.32. The first-order valence-electron chi connectivity index (χ1n) is 5.90. The van der Waals surface area contributed by atoms with Crippen molar-refractivity contribution in [3.63, 3.8) is 0 Å². The Morgan fingerprint density at radius 3 is 3.06 bits per heavy atom. The normalized spacial score (nSPS) is 26.1. The summed E-state index contributed by atoms with van der Waals surface area (Å²) >= 11 is 0. The fourth-order valence-corrected chi connectivity index (χ4v) is 2.60. The molecule has 1 aliphatic rings. The van der Waals surface area contributed by atoms with Crippen molar-refractivity contribution in [2.24, 2.45) is 5.73 Å². The van der Waals surface area contributed by atoms with Crippen molar-refractivity contribution in [3.05, 3.63) is 30.2 Å². The topological polar surface area (TPSA) is 56.2 Å². The molecule has 0 aliphatic heterocycles. The van der Waals surface area contributed by atoms with Gasteiger partial charge in [0.25, 0.3) is 0 Å². The number of hydrogen-bond donors (Lipinski definition) is 1. The van der Waals surface area contributed by atoms with Crippen molar-refractivity contribution < 1.29 is 0 Å². The fraction of sp³-hybridized carbons (Fsp3) is 0.500. The van der Waals surface area contributed by atoms with Crippen molar-refractivity contribution in [2.45, 2.75) is 37.6 Å². The molecule has 3 rings (SSSR count). The molecule has 16 heavy (non-hydrogen) atoms. The largest absolute Gasteiger partial charge is 0.328 e. The first-order valence-corrected chi connectivity index (χ1v) is 5.90. The molecular formula is C12H16N4. The summed E-state index contributed by atoms with van der Waals surface area (Å²) in [7, 11) is 0. The molecule has 1 unspecified atom stereocenters. The number of fused-ring (bicyclic) bond motifs is 1. The zero-order valence-corrected chi connectivity index (χ0v) is 9.21. The van der Waals surface area contributed by atoms with Gasteiger partial charge in [-0.25, -0.2) is 0 Å². The van der Waals surface area contributed by atoms with Crippen LogP contribution < -0.4 is 5.73 Å². The third-order valence-electron chi connectivity index (χ3n) is 3.42. The van der Waals surface area contributed by atoms with Crippen LogP contribution in [-0.4, -0.2) is 20.6 Å². The van der Waals surface area contributed by atoms with Crippen LogP contribution in [0.1, 0.15) is 37.4 Å². The van der Waals surface area contributed by atoms with Gasteiger partial charge in [0.2, 0.25) is 0 Å². The van der Waals surface area contributed by atoms with E-state index in [4.69, 9.17) is 5.73 Å². The smallest absolute Gasteiger partial charge is 0.160 e. The molecule has 1 aliphatic carbocycles. The van der Waals surface area contributed by atoms with Crippen molar-refractivity contribution in [1.29, 1.82) is 0 Å². The Balaban J connectivity index is 1.99. The van der Waals surface area contributed by atoms with Gasteiger partial charge in [-0.05, 0) is 31.4 Å². The highest BCUT2D eigenvalue weighted by Crippen LogP contribution is 2.31. The second kappa shape index (κ2) is 3.87. The number of rotatable bonds is 1. The average molecular weight is 216 g/mol. The third kappa shape index (κ3) is 1.59. The summed E-state index contributed by atoms with van der Waals surface area (Å²) in [5.41, 5.74) is 6.95. The average Bonchev–Trinajstić information content (AvgIpc) is 2.72. The maximum absolute atomic E-state index is 6.02. The lowest BCUT2D eigenvalue weighted by Crippen LogP contribution is -2.27. The van der Waals surface area contributed by atoms with Gasteiger partial charge in [0, 0.05) is 18.2 Å². The van der Waals surface area contributed by atoms with Crippen molar-refractivity contribution in [1.82, 2.24) is 14.6 Å². The zero-order valence-electron chi connectivity index (χ0n) is 9.21. The van der Waals surface area contributed by atoms with Crippen molar-refractivity contribution in [2.75, 3.05) is 0 Å². The Labute approximate surface area is 94.5 Å². The fourth-order valence-electron chi connectivity index (χ4n) is 2.60. The van der Waals surface area contributed by atoms with Gasteiger partial charge in [-0.2, -0.15) is 0 Å². The van der Waals surface area contributed by atoms with E-state index in [0.717, 1.165) is 24.3 Å². The number of nitrogens with two attached hydrogens (primary N) is 1. The van der Waals surface area contributed by atoms with Gasteiger partial charge in [-0.15, -0.1) is 10.2 Å². The summed E-state index contributed by atoms with van der Waals surface area (Å²) in [6.45, 7) is 0. The number of pyridine rings is 1. The minimum absolute atomic E-state index is 0.329. The van der Waals surface area contributed by atoms with E-state index in [1.165, 1.54) is 12.8 Å². The van der Waals surface area contributed by atoms with Crippen LogP contribution in [0.5, 0.6) is 0 Å². The predicted molar refractivity (Wildman–Crippen MR) is 62.2 cm³/mol. The van der Waals surface area contributed by atoms with Crippen LogP contribution in [-0.2, 0) is 0 Å². The lowest BCUT2D eigenvalue weighted by molar-refractivity contribution is 0.380. The molecule has 0 amide bonds. The van der Waals surface area contributed by atoms with Crippen molar-refractivity contribution in [3.8, 4) is 0 Å². The van der Waals surface area contributed by atoms with Gasteiger partial charge >= 0.3 is 0 Å². The Morgan fingerprint density at radius 1 is 1.25 bits per heavy atom. The van der Waals surface area contributed by atoms with E-state index in [2.05, 4.69) is 14.6 Å². The summed E-state index contributed by atoms with van der Waals surface area (Å²) in [6.07, 6.45) is 6.60. The SMILES string of the molecule is NC1CCC[C@H](c2nnc3ccccn23)C1. The Bertz CT molecular complexity index is 490. The van der Waals surface area contributed by atoms with Gasteiger partial charge in [0.05, 0.1) is 0 Å². The highest BCUT2D eigenvalue weighted by Gasteiger charge is 2.24. The molecule has 0 spiro atoms. The lowest BCUT2D eigenvalue weighted by Gasteiger charge is -2.25. The predicted octanol–water partition coefficient (Wildman–Crippen LogP) is 1.71. The van der Waals surface area contributed by atoms with Crippen LogP contribution in [0, 0.1) is 0 Å². The first-order chi connectivity index (χ1) is 7.84. The minimum atomic E-state index is 0.329. The molecule has 84 valence electrons. The monoisotopic (exact) mass is 216 g/mol. The molecule has 4 heteroatoms. The second-order valence-corrected chi connectivity index (χ2v) is 4.61. The van der Waals surface area contributed by atoms with Crippen LogP contribution >= 0.6 is 0 Å². The zero-order chi connectivity index (χ0) is 11.0. The summed E-state index contributed by atoms with van der Waals surface area (Å²) in [5.74, 6) is 1.55. The van der Waals surface area contributed by atoms with Crippen LogP contribution in [0.2, 0.25) is 0 Å². The standard InChI is InChI=1S/C12H16N4/c13-10-5-3-4-9(8-10)12-15-14-11-6-1-2-7-16(11)12/h1-2,6-7,9-10H,3-5,8,13H2/t9-,10?/m0/s1. The summed E-state index contributed by atoms with van der Waals surface area (Å²) in [4.78, 5) is 0. The molecule has 2 N–H and O–H groups in total. The Kier molecular flexibility index (Phi) is 2.36. The number of hydrogen-bond acceptors (Lipinski definition) is 3. The van der Waals surface area contributed by atoms with E-state index < -0.39 is 0 Å². The van der Waals surface area contributed by atoms with Gasteiger partial charge in [-0.1, -0.05) is 12.5 Å². The molecule has 0 aromatic carbocycles. The van der Waals surface area contributed by atoms with Gasteiger partial charge in [0.1, 0.15) is 5.82 Å². The van der Waals surface area contributed by atoms with E-state index in [-0.39, 0.29) is 0 Å². The molecule has 1 fully saturated rings. The number of aromatic nitrogens is 3. The summed E-state index contributed by atoms with van der Waals surface area (Å²) < 4.78 is 2.09. The first kappa shape index (κ1) is 9.78. The highest BCUT2D eigenvalue weighted by molar-refractivity contribution is 5.37. The van der Waals surface area contributed by atoms with E-state index in [9.17, 15) is 0 Å². The van der Waals surface area contributed by atoms with E-state index in [1.807, 2.05) is 24.4 Å². The molecule has 2 atom stereocenters. The molecule has 2 aromatic heterocycles. The van der Waals surface area contributed by atoms with E-state index >= 15 is 0 Å². The molecule has 2 aromatic rings. The minimum Gasteiger partial charge on any atom is -0.328 e. The maximum atomic E-state index is 6.02. The van der Waals surface area contributed by atoms with Crippen LogP contribution in [0.3, 0.4) is 0 Å². The molecule has 4 nitrogen and oxygen atoms in total. The maximum Gasteiger partial charge on any atom is 0.160 e. The van der Waals surface area contributed by atoms with E-state index in [0.29, 0.717) is 12.0 Å². The number of nitrogens with zero attached hydrogens (tertiary/aromatic N) is 3. The highest BCUT2D eigenvalue weighted by atomic mass is 15.2. The molecule has 0 bridgehead atoms. The molecule has 0 saturated heterocycles. The Morgan fingerprint density at radius 2 is 2.19 bits per heavy atom. The van der Waals surface area contributed by atoms with Crippen LogP contribution in [0.15, 0.2) is 24.4 Å². The van der Waals surface area contributed by atoms with Crippen molar-refractivity contribution >= 4 is 5.65 Å². The van der Waals surface area contributed by atoms with Crippen LogP contribution in [0.4, 0.5) is 0 Å². The summed E-state index contributed by atoms with van der Waals surface area (Å²) in [5, 5.41) is 8.50. The van der Waals surface area contributed by atoms with Crippen LogP contribution in [0.25, 0.3) is 5.65 Å².